The maximum atomic E-state index is 8.80. The molecule has 1 nitrogen and oxygen atoms in total. The summed E-state index contributed by atoms with van der Waals surface area (Å²) < 4.78 is 0. The molecule has 0 radical (unpaired) electrons. The first kappa shape index (κ1) is 10.8. The zero-order chi connectivity index (χ0) is 9.84. The highest BCUT2D eigenvalue weighted by atomic mass is 35.5. The lowest BCUT2D eigenvalue weighted by atomic mass is 10.1. The van der Waals surface area contributed by atoms with Gasteiger partial charge in [0.15, 0.2) is 0 Å². The van der Waals surface area contributed by atoms with Crippen molar-refractivity contribution in [2.75, 3.05) is 6.61 Å². The van der Waals surface area contributed by atoms with Crippen LogP contribution in [0.2, 0.25) is 0 Å². The molecule has 72 valence electrons. The van der Waals surface area contributed by atoms with E-state index >= 15 is 0 Å². The second kappa shape index (κ2) is 4.85. The van der Waals surface area contributed by atoms with Crippen LogP contribution in [0.3, 0.4) is 0 Å². The van der Waals surface area contributed by atoms with Crippen LogP contribution in [-0.2, 0) is 0 Å². The predicted octanol–water partition coefficient (Wildman–Crippen LogP) is 2.87. The molecule has 1 rings (SSSR count). The van der Waals surface area contributed by atoms with Crippen LogP contribution in [0.5, 0.6) is 0 Å². The number of alkyl halides is 2. The minimum atomic E-state index is -0.427. The zero-order valence-corrected chi connectivity index (χ0v) is 8.89. The maximum Gasteiger partial charge on any atom is 0.0771 e. The molecule has 2 atom stereocenters. The summed E-state index contributed by atoms with van der Waals surface area (Å²) >= 11 is 11.8. The van der Waals surface area contributed by atoms with Gasteiger partial charge in [0, 0.05) is 0 Å². The highest BCUT2D eigenvalue weighted by Crippen LogP contribution is 2.27. The molecule has 0 aromatic heterocycles. The number of aliphatic hydroxyl groups excluding tert-OH is 1. The van der Waals surface area contributed by atoms with Gasteiger partial charge in [0.2, 0.25) is 0 Å². The Labute approximate surface area is 88.3 Å². The van der Waals surface area contributed by atoms with Crippen LogP contribution in [0.1, 0.15) is 16.5 Å². The van der Waals surface area contributed by atoms with Crippen LogP contribution in [0.15, 0.2) is 24.3 Å². The highest BCUT2D eigenvalue weighted by Gasteiger charge is 2.17. The third-order valence-corrected chi connectivity index (χ3v) is 2.96. The zero-order valence-electron chi connectivity index (χ0n) is 7.37. The van der Waals surface area contributed by atoms with Gasteiger partial charge in [0.1, 0.15) is 0 Å². The standard InChI is InChI=1S/C10H12Cl2O/c1-7-2-4-8(5-3-7)10(12)9(11)6-13/h2-5,9-10,13H,6H2,1H3. The summed E-state index contributed by atoms with van der Waals surface area (Å²) in [5.74, 6) is 0. The molecular weight excluding hydrogens is 207 g/mol. The molecule has 0 aliphatic rings. The Kier molecular flexibility index (Phi) is 4.04. The molecule has 0 spiro atoms. The van der Waals surface area contributed by atoms with Gasteiger partial charge in [-0.2, -0.15) is 0 Å². The van der Waals surface area contributed by atoms with Crippen molar-refractivity contribution in [3.63, 3.8) is 0 Å². The average molecular weight is 219 g/mol. The minimum absolute atomic E-state index is 0.108. The van der Waals surface area contributed by atoms with E-state index in [9.17, 15) is 0 Å². The van der Waals surface area contributed by atoms with Gasteiger partial charge in [-0.1, -0.05) is 29.8 Å². The number of aliphatic hydroxyl groups is 1. The molecule has 13 heavy (non-hydrogen) atoms. The molecule has 0 aliphatic heterocycles. The predicted molar refractivity (Wildman–Crippen MR) is 56.5 cm³/mol. The fourth-order valence-electron chi connectivity index (χ4n) is 1.05. The van der Waals surface area contributed by atoms with E-state index in [0.29, 0.717) is 0 Å². The lowest BCUT2D eigenvalue weighted by Crippen LogP contribution is -2.11. The topological polar surface area (TPSA) is 20.2 Å². The van der Waals surface area contributed by atoms with E-state index in [4.69, 9.17) is 28.3 Å². The summed E-state index contributed by atoms with van der Waals surface area (Å²) in [4.78, 5) is 0. The van der Waals surface area contributed by atoms with Crippen molar-refractivity contribution in [3.8, 4) is 0 Å². The molecule has 1 aromatic rings. The van der Waals surface area contributed by atoms with Crippen molar-refractivity contribution in [2.45, 2.75) is 17.7 Å². The molecular formula is C10H12Cl2O. The third kappa shape index (κ3) is 2.87. The third-order valence-electron chi connectivity index (χ3n) is 1.89. The van der Waals surface area contributed by atoms with Crippen molar-refractivity contribution in [3.05, 3.63) is 35.4 Å². The monoisotopic (exact) mass is 218 g/mol. The average Bonchev–Trinajstić information content (AvgIpc) is 2.17. The molecule has 0 amide bonds. The van der Waals surface area contributed by atoms with Gasteiger partial charge in [0.05, 0.1) is 17.4 Å². The lowest BCUT2D eigenvalue weighted by molar-refractivity contribution is 0.290. The van der Waals surface area contributed by atoms with Crippen molar-refractivity contribution >= 4 is 23.2 Å². The summed E-state index contributed by atoms with van der Waals surface area (Å²) in [7, 11) is 0. The van der Waals surface area contributed by atoms with Gasteiger partial charge in [-0.15, -0.1) is 23.2 Å². The van der Waals surface area contributed by atoms with Crippen LogP contribution >= 0.6 is 23.2 Å². The van der Waals surface area contributed by atoms with E-state index in [1.165, 1.54) is 5.56 Å². The number of rotatable bonds is 3. The lowest BCUT2D eigenvalue weighted by Gasteiger charge is -2.13. The number of aryl methyl sites for hydroxylation is 1. The molecule has 1 aromatic carbocycles. The molecule has 0 heterocycles. The summed E-state index contributed by atoms with van der Waals surface area (Å²) in [6.07, 6.45) is 0. The Bertz CT molecular complexity index is 258. The molecule has 3 heteroatoms. The fourth-order valence-corrected chi connectivity index (χ4v) is 1.42. The van der Waals surface area contributed by atoms with E-state index in [1.54, 1.807) is 0 Å². The molecule has 0 fully saturated rings. The Morgan fingerprint density at radius 3 is 2.23 bits per heavy atom. The highest BCUT2D eigenvalue weighted by molar-refractivity contribution is 6.30. The van der Waals surface area contributed by atoms with Crippen LogP contribution in [0.25, 0.3) is 0 Å². The van der Waals surface area contributed by atoms with E-state index in [-0.39, 0.29) is 12.0 Å². The first-order valence-electron chi connectivity index (χ1n) is 4.10. The summed E-state index contributed by atoms with van der Waals surface area (Å²) in [6.45, 7) is 1.90. The van der Waals surface area contributed by atoms with Gasteiger partial charge in [-0.3, -0.25) is 0 Å². The van der Waals surface area contributed by atoms with Gasteiger partial charge >= 0.3 is 0 Å². The molecule has 2 unspecified atom stereocenters. The maximum absolute atomic E-state index is 8.80. The van der Waals surface area contributed by atoms with Gasteiger partial charge in [-0.25, -0.2) is 0 Å². The number of hydrogen-bond acceptors (Lipinski definition) is 1. The Morgan fingerprint density at radius 2 is 1.77 bits per heavy atom. The molecule has 0 saturated heterocycles. The quantitative estimate of drug-likeness (QED) is 0.775. The van der Waals surface area contributed by atoms with E-state index < -0.39 is 5.38 Å². The van der Waals surface area contributed by atoms with Gasteiger partial charge in [0.25, 0.3) is 0 Å². The second-order valence-electron chi connectivity index (χ2n) is 3.01. The first-order chi connectivity index (χ1) is 6.15. The smallest absolute Gasteiger partial charge is 0.0771 e. The van der Waals surface area contributed by atoms with Crippen molar-refractivity contribution in [1.82, 2.24) is 0 Å². The Balaban J connectivity index is 2.77. The SMILES string of the molecule is Cc1ccc(C(Cl)C(Cl)CO)cc1. The van der Waals surface area contributed by atoms with Crippen LogP contribution in [0, 0.1) is 6.92 Å². The molecule has 1 N–H and O–H groups in total. The summed E-state index contributed by atoms with van der Waals surface area (Å²) in [5, 5.41) is 8.05. The van der Waals surface area contributed by atoms with Crippen molar-refractivity contribution < 1.29 is 5.11 Å². The Morgan fingerprint density at radius 1 is 1.23 bits per heavy atom. The van der Waals surface area contributed by atoms with Gasteiger partial charge < -0.3 is 5.11 Å². The van der Waals surface area contributed by atoms with Gasteiger partial charge in [-0.05, 0) is 12.5 Å². The largest absolute Gasteiger partial charge is 0.395 e. The summed E-state index contributed by atoms with van der Waals surface area (Å²) in [6, 6.07) is 7.81. The molecule has 0 saturated carbocycles. The minimum Gasteiger partial charge on any atom is -0.395 e. The van der Waals surface area contributed by atoms with Crippen LogP contribution in [-0.4, -0.2) is 17.1 Å². The normalized spacial score (nSPS) is 15.4. The van der Waals surface area contributed by atoms with Crippen LogP contribution < -0.4 is 0 Å². The fraction of sp³-hybridized carbons (Fsp3) is 0.400. The van der Waals surface area contributed by atoms with Crippen molar-refractivity contribution in [2.24, 2.45) is 0 Å². The second-order valence-corrected chi connectivity index (χ2v) is 4.04. The summed E-state index contributed by atoms with van der Waals surface area (Å²) in [5.41, 5.74) is 2.13. The van der Waals surface area contributed by atoms with Crippen molar-refractivity contribution in [1.29, 1.82) is 0 Å². The molecule has 0 bridgehead atoms. The number of halogens is 2. The van der Waals surface area contributed by atoms with E-state index in [0.717, 1.165) is 5.56 Å². The number of hydrogen-bond donors (Lipinski definition) is 1. The Hall–Kier alpha value is -0.240. The van der Waals surface area contributed by atoms with E-state index in [2.05, 4.69) is 0 Å². The van der Waals surface area contributed by atoms with Crippen LogP contribution in [0.4, 0.5) is 0 Å². The molecule has 0 aliphatic carbocycles. The first-order valence-corrected chi connectivity index (χ1v) is 4.98. The van der Waals surface area contributed by atoms with E-state index in [1.807, 2.05) is 31.2 Å². The number of benzene rings is 1.